The Hall–Kier alpha value is -3.61. The third-order valence-corrected chi connectivity index (χ3v) is 4.07. The molecule has 0 spiro atoms. The van der Waals surface area contributed by atoms with E-state index in [0.29, 0.717) is 22.3 Å². The monoisotopic (exact) mass is 366 g/mol. The van der Waals surface area contributed by atoms with E-state index in [0.717, 1.165) is 0 Å². The van der Waals surface area contributed by atoms with Crippen LogP contribution in [0.2, 0.25) is 0 Å². The largest absolute Gasteiger partial charge is 0.508 e. The number of carbonyl (C=O) groups excluding carboxylic acids is 2. The molecule has 0 aliphatic rings. The lowest BCUT2D eigenvalue weighted by Gasteiger charge is -2.10. The number of phenols is 1. The van der Waals surface area contributed by atoms with Crippen LogP contribution in [0, 0.1) is 6.92 Å². The molecule has 0 aliphatic carbocycles. The lowest BCUT2D eigenvalue weighted by atomic mass is 10.0. The van der Waals surface area contributed by atoms with Crippen LogP contribution in [0.1, 0.15) is 18.1 Å². The third-order valence-electron chi connectivity index (χ3n) is 4.07. The van der Waals surface area contributed by atoms with Gasteiger partial charge in [-0.1, -0.05) is 6.07 Å². The van der Waals surface area contributed by atoms with Crippen molar-refractivity contribution in [1.82, 2.24) is 0 Å². The number of hydrogen-bond acceptors (Lipinski definition) is 5. The van der Waals surface area contributed by atoms with E-state index < -0.39 is 5.63 Å². The predicted molar refractivity (Wildman–Crippen MR) is 102 cm³/mol. The zero-order valence-electron chi connectivity index (χ0n) is 14.8. The molecule has 0 saturated carbocycles. The molecular weight excluding hydrogens is 348 g/mol. The van der Waals surface area contributed by atoms with Crippen molar-refractivity contribution in [2.24, 2.45) is 0 Å². The highest BCUT2D eigenvalue weighted by Crippen LogP contribution is 2.24. The van der Waals surface area contributed by atoms with E-state index in [1.165, 1.54) is 19.1 Å². The van der Waals surface area contributed by atoms with Crippen LogP contribution in [-0.2, 0) is 16.0 Å². The van der Waals surface area contributed by atoms with Gasteiger partial charge in [-0.15, -0.1) is 0 Å². The van der Waals surface area contributed by atoms with Crippen LogP contribution in [0.4, 0.5) is 11.4 Å². The number of amides is 2. The average molecular weight is 366 g/mol. The normalized spacial score (nSPS) is 10.6. The molecule has 7 nitrogen and oxygen atoms in total. The number of hydrogen-bond donors (Lipinski definition) is 3. The summed E-state index contributed by atoms with van der Waals surface area (Å²) in [5.74, 6) is -0.605. The van der Waals surface area contributed by atoms with Crippen molar-refractivity contribution in [3.63, 3.8) is 0 Å². The first-order valence-corrected chi connectivity index (χ1v) is 8.26. The first kappa shape index (κ1) is 18.2. The summed E-state index contributed by atoms with van der Waals surface area (Å²) in [4.78, 5) is 35.8. The highest BCUT2D eigenvalue weighted by molar-refractivity contribution is 5.95. The van der Waals surface area contributed by atoms with Crippen LogP contribution in [0.5, 0.6) is 5.75 Å². The number of rotatable bonds is 4. The molecule has 0 atom stereocenters. The van der Waals surface area contributed by atoms with Crippen molar-refractivity contribution in [1.29, 1.82) is 0 Å². The molecule has 3 N–H and O–H groups in total. The molecule has 2 amide bonds. The number of nitrogens with one attached hydrogen (secondary N) is 2. The summed E-state index contributed by atoms with van der Waals surface area (Å²) in [7, 11) is 0. The number of aryl methyl sites for hydroxylation is 1. The zero-order chi connectivity index (χ0) is 19.6. The molecule has 0 unspecified atom stereocenters. The van der Waals surface area contributed by atoms with Crippen LogP contribution < -0.4 is 16.3 Å². The van der Waals surface area contributed by atoms with Gasteiger partial charge in [-0.2, -0.15) is 0 Å². The SMILES string of the molecule is CC(=O)Nc1cccc(NC(=O)Cc2c(C)c3ccc(O)cc3oc2=O)c1. The van der Waals surface area contributed by atoms with Gasteiger partial charge in [-0.25, -0.2) is 4.79 Å². The van der Waals surface area contributed by atoms with Gasteiger partial charge in [0.05, 0.1) is 12.0 Å². The number of aromatic hydroxyl groups is 1. The highest BCUT2D eigenvalue weighted by atomic mass is 16.4. The van der Waals surface area contributed by atoms with Crippen molar-refractivity contribution >= 4 is 34.2 Å². The minimum atomic E-state index is -0.618. The van der Waals surface area contributed by atoms with Gasteiger partial charge in [-0.05, 0) is 42.8 Å². The Balaban J connectivity index is 1.83. The first-order valence-electron chi connectivity index (χ1n) is 8.26. The summed E-state index contributed by atoms with van der Waals surface area (Å²) >= 11 is 0. The molecular formula is C20H18N2O5. The highest BCUT2D eigenvalue weighted by Gasteiger charge is 2.15. The summed E-state index contributed by atoms with van der Waals surface area (Å²) in [6.07, 6.45) is -0.157. The minimum absolute atomic E-state index is 0.00500. The molecule has 0 radical (unpaired) electrons. The van der Waals surface area contributed by atoms with Gasteiger partial charge in [0, 0.05) is 29.8 Å². The Morgan fingerprint density at radius 2 is 1.78 bits per heavy atom. The Bertz CT molecular complexity index is 1100. The maximum atomic E-state index is 12.4. The van der Waals surface area contributed by atoms with E-state index in [9.17, 15) is 19.5 Å². The third kappa shape index (κ3) is 4.14. The molecule has 0 bridgehead atoms. The van der Waals surface area contributed by atoms with Crippen molar-refractivity contribution in [2.45, 2.75) is 20.3 Å². The second-order valence-electron chi connectivity index (χ2n) is 6.16. The molecule has 1 heterocycles. The quantitative estimate of drug-likeness (QED) is 0.615. The number of phenolic OH excluding ortho intramolecular Hbond substituents is 1. The Morgan fingerprint density at radius 3 is 2.48 bits per heavy atom. The summed E-state index contributed by atoms with van der Waals surface area (Å²) in [6.45, 7) is 3.13. The second-order valence-corrected chi connectivity index (χ2v) is 6.16. The number of carbonyl (C=O) groups is 2. The molecule has 0 aliphatic heterocycles. The molecule has 0 saturated heterocycles. The van der Waals surface area contributed by atoms with Gasteiger partial charge >= 0.3 is 5.63 Å². The Kier molecular flexibility index (Phi) is 4.94. The number of fused-ring (bicyclic) bond motifs is 1. The fourth-order valence-corrected chi connectivity index (χ4v) is 2.83. The van der Waals surface area contributed by atoms with E-state index >= 15 is 0 Å². The van der Waals surface area contributed by atoms with Crippen molar-refractivity contribution < 1.29 is 19.1 Å². The molecule has 138 valence electrons. The van der Waals surface area contributed by atoms with E-state index in [2.05, 4.69) is 10.6 Å². The summed E-state index contributed by atoms with van der Waals surface area (Å²) < 4.78 is 5.23. The lowest BCUT2D eigenvalue weighted by Crippen LogP contribution is -2.20. The van der Waals surface area contributed by atoms with Gasteiger partial charge in [-0.3, -0.25) is 9.59 Å². The topological polar surface area (TPSA) is 109 Å². The average Bonchev–Trinajstić information content (AvgIpc) is 2.58. The molecule has 2 aromatic carbocycles. The van der Waals surface area contributed by atoms with E-state index in [1.807, 2.05) is 0 Å². The maximum absolute atomic E-state index is 12.4. The smallest absolute Gasteiger partial charge is 0.340 e. The first-order chi connectivity index (χ1) is 12.8. The van der Waals surface area contributed by atoms with Crippen molar-refractivity contribution in [2.75, 3.05) is 10.6 Å². The summed E-state index contributed by atoms with van der Waals surface area (Å²) in [5, 5.41) is 15.5. The molecule has 3 rings (SSSR count). The summed E-state index contributed by atoms with van der Waals surface area (Å²) in [6, 6.07) is 11.2. The van der Waals surface area contributed by atoms with Crippen LogP contribution in [0.15, 0.2) is 51.7 Å². The number of anilines is 2. The fourth-order valence-electron chi connectivity index (χ4n) is 2.83. The van der Waals surface area contributed by atoms with Crippen molar-refractivity contribution in [3.05, 3.63) is 64.0 Å². The van der Waals surface area contributed by atoms with Gasteiger partial charge in [0.15, 0.2) is 0 Å². The Morgan fingerprint density at radius 1 is 1.07 bits per heavy atom. The van der Waals surface area contributed by atoms with Crippen LogP contribution in [0.25, 0.3) is 11.0 Å². The van der Waals surface area contributed by atoms with Crippen molar-refractivity contribution in [3.8, 4) is 5.75 Å². The fraction of sp³-hybridized carbons (Fsp3) is 0.150. The van der Waals surface area contributed by atoms with Crippen LogP contribution >= 0.6 is 0 Å². The Labute approximate surface area is 154 Å². The van der Waals surface area contributed by atoms with Crippen LogP contribution in [-0.4, -0.2) is 16.9 Å². The predicted octanol–water partition coefficient (Wildman–Crippen LogP) is 2.95. The molecule has 1 aromatic heterocycles. The van der Waals surface area contributed by atoms with E-state index in [1.54, 1.807) is 37.3 Å². The maximum Gasteiger partial charge on any atom is 0.340 e. The summed E-state index contributed by atoms with van der Waals surface area (Å²) in [5.41, 5.74) is 1.59. The standard InChI is InChI=1S/C20H18N2O5/c1-11-16-7-6-15(24)9-18(16)27-20(26)17(11)10-19(25)22-14-5-3-4-13(8-14)21-12(2)23/h3-9,24H,10H2,1-2H3,(H,21,23)(H,22,25). The molecule has 27 heavy (non-hydrogen) atoms. The lowest BCUT2D eigenvalue weighted by molar-refractivity contribution is -0.116. The van der Waals surface area contributed by atoms with Gasteiger partial charge in [0.2, 0.25) is 11.8 Å². The van der Waals surface area contributed by atoms with E-state index in [4.69, 9.17) is 4.42 Å². The van der Waals surface area contributed by atoms with Gasteiger partial charge in [0.25, 0.3) is 0 Å². The van der Waals surface area contributed by atoms with Gasteiger partial charge in [0.1, 0.15) is 11.3 Å². The zero-order valence-corrected chi connectivity index (χ0v) is 14.8. The molecule has 3 aromatic rings. The number of benzene rings is 2. The molecule has 7 heteroatoms. The van der Waals surface area contributed by atoms with E-state index in [-0.39, 0.29) is 35.1 Å². The minimum Gasteiger partial charge on any atom is -0.508 e. The van der Waals surface area contributed by atoms with Gasteiger partial charge < -0.3 is 20.2 Å². The second kappa shape index (κ2) is 7.33. The molecule has 0 fully saturated rings. The van der Waals surface area contributed by atoms with Crippen LogP contribution in [0.3, 0.4) is 0 Å².